The Balaban J connectivity index is 2.08. The second-order valence-corrected chi connectivity index (χ2v) is 3.61. The van der Waals surface area contributed by atoms with Crippen LogP contribution in [-0.4, -0.2) is 16.1 Å². The van der Waals surface area contributed by atoms with E-state index in [0.717, 1.165) is 5.56 Å². The van der Waals surface area contributed by atoms with Crippen LogP contribution in [0.3, 0.4) is 0 Å². The molecule has 2 rings (SSSR count). The van der Waals surface area contributed by atoms with Crippen molar-refractivity contribution in [3.63, 3.8) is 0 Å². The summed E-state index contributed by atoms with van der Waals surface area (Å²) in [6.07, 6.45) is 1.48. The zero-order valence-corrected chi connectivity index (χ0v) is 8.89. The predicted molar refractivity (Wildman–Crippen MR) is 57.0 cm³/mol. The fourth-order valence-electron chi connectivity index (χ4n) is 1.49. The Labute approximate surface area is 96.7 Å². The van der Waals surface area contributed by atoms with Gasteiger partial charge in [0.15, 0.2) is 5.89 Å². The van der Waals surface area contributed by atoms with Gasteiger partial charge in [-0.3, -0.25) is 4.79 Å². The number of hydrogen-bond acceptors (Lipinski definition) is 3. The van der Waals surface area contributed by atoms with Crippen LogP contribution in [0.2, 0.25) is 0 Å². The van der Waals surface area contributed by atoms with Crippen LogP contribution in [0, 0.1) is 5.82 Å². The van der Waals surface area contributed by atoms with Crippen LogP contribution in [-0.2, 0) is 17.6 Å². The van der Waals surface area contributed by atoms with Crippen LogP contribution < -0.4 is 0 Å². The van der Waals surface area contributed by atoms with Crippen molar-refractivity contribution in [1.29, 1.82) is 0 Å². The van der Waals surface area contributed by atoms with Gasteiger partial charge in [-0.15, -0.1) is 0 Å². The molecule has 0 saturated carbocycles. The van der Waals surface area contributed by atoms with Crippen molar-refractivity contribution in [2.45, 2.75) is 12.8 Å². The molecular weight excluding hydrogens is 225 g/mol. The number of rotatable bonds is 4. The maximum atomic E-state index is 12.9. The number of nitrogens with zero attached hydrogens (tertiary/aromatic N) is 1. The van der Waals surface area contributed by atoms with Crippen molar-refractivity contribution >= 4 is 5.97 Å². The van der Waals surface area contributed by atoms with E-state index < -0.39 is 5.97 Å². The Bertz CT molecular complexity index is 536. The van der Waals surface area contributed by atoms with Crippen molar-refractivity contribution in [2.24, 2.45) is 0 Å². The van der Waals surface area contributed by atoms with E-state index in [1.807, 2.05) is 0 Å². The van der Waals surface area contributed by atoms with Gasteiger partial charge in [0, 0.05) is 6.42 Å². The molecule has 4 nitrogen and oxygen atoms in total. The van der Waals surface area contributed by atoms with Gasteiger partial charge in [0.1, 0.15) is 12.1 Å². The molecule has 0 radical (unpaired) electrons. The normalized spacial score (nSPS) is 10.4. The molecule has 1 aromatic heterocycles. The zero-order chi connectivity index (χ0) is 12.3. The molecule has 0 aliphatic heterocycles. The number of aliphatic carboxylic acids is 1. The molecule has 0 aliphatic carbocycles. The Morgan fingerprint density at radius 2 is 2.29 bits per heavy atom. The van der Waals surface area contributed by atoms with Crippen LogP contribution in [0.4, 0.5) is 4.39 Å². The maximum absolute atomic E-state index is 12.9. The van der Waals surface area contributed by atoms with Gasteiger partial charge in [-0.05, 0) is 17.7 Å². The molecule has 0 fully saturated rings. The summed E-state index contributed by atoms with van der Waals surface area (Å²) in [5, 5.41) is 8.57. The number of aromatic nitrogens is 1. The van der Waals surface area contributed by atoms with Gasteiger partial charge in [-0.2, -0.15) is 0 Å². The lowest BCUT2D eigenvalue weighted by molar-refractivity contribution is -0.136. The molecule has 1 aromatic carbocycles. The van der Waals surface area contributed by atoms with Crippen molar-refractivity contribution in [3.8, 4) is 0 Å². The van der Waals surface area contributed by atoms with Gasteiger partial charge in [0.2, 0.25) is 0 Å². The third kappa shape index (κ3) is 3.14. The molecule has 17 heavy (non-hydrogen) atoms. The monoisotopic (exact) mass is 235 g/mol. The molecule has 2 aromatic rings. The highest BCUT2D eigenvalue weighted by Gasteiger charge is 2.08. The highest BCUT2D eigenvalue weighted by Crippen LogP contribution is 2.11. The van der Waals surface area contributed by atoms with E-state index in [-0.39, 0.29) is 12.2 Å². The van der Waals surface area contributed by atoms with Gasteiger partial charge in [-0.1, -0.05) is 12.1 Å². The number of hydrogen-bond donors (Lipinski definition) is 1. The Kier molecular flexibility index (Phi) is 3.18. The van der Waals surface area contributed by atoms with Gasteiger partial charge >= 0.3 is 5.97 Å². The van der Waals surface area contributed by atoms with E-state index in [9.17, 15) is 9.18 Å². The van der Waals surface area contributed by atoms with Crippen LogP contribution in [0.15, 0.2) is 34.9 Å². The van der Waals surface area contributed by atoms with Crippen molar-refractivity contribution in [1.82, 2.24) is 4.98 Å². The molecule has 0 aliphatic rings. The number of benzene rings is 1. The van der Waals surface area contributed by atoms with Crippen LogP contribution in [0.1, 0.15) is 17.1 Å². The minimum atomic E-state index is -0.962. The molecule has 0 bridgehead atoms. The van der Waals surface area contributed by atoms with Crippen LogP contribution >= 0.6 is 0 Å². The van der Waals surface area contributed by atoms with Gasteiger partial charge in [-0.25, -0.2) is 9.37 Å². The summed E-state index contributed by atoms with van der Waals surface area (Å²) in [6, 6.07) is 6.10. The Hall–Kier alpha value is -2.17. The Morgan fingerprint density at radius 3 is 3.00 bits per heavy atom. The molecule has 0 spiro atoms. The molecule has 0 unspecified atom stereocenters. The first kappa shape index (κ1) is 11.3. The molecule has 1 heterocycles. The first-order valence-electron chi connectivity index (χ1n) is 5.03. The smallest absolute Gasteiger partial charge is 0.309 e. The van der Waals surface area contributed by atoms with Gasteiger partial charge < -0.3 is 9.52 Å². The fourth-order valence-corrected chi connectivity index (χ4v) is 1.49. The van der Waals surface area contributed by atoms with Gasteiger partial charge in [0.25, 0.3) is 0 Å². The highest BCUT2D eigenvalue weighted by molar-refractivity contribution is 5.69. The summed E-state index contributed by atoms with van der Waals surface area (Å²) in [5.41, 5.74) is 1.10. The lowest BCUT2D eigenvalue weighted by atomic mass is 10.1. The molecular formula is C12H10FNO3. The van der Waals surface area contributed by atoms with E-state index in [1.54, 1.807) is 12.1 Å². The first-order valence-corrected chi connectivity index (χ1v) is 5.03. The van der Waals surface area contributed by atoms with E-state index in [0.29, 0.717) is 18.0 Å². The van der Waals surface area contributed by atoms with E-state index >= 15 is 0 Å². The largest absolute Gasteiger partial charge is 0.481 e. The first-order chi connectivity index (χ1) is 8.13. The van der Waals surface area contributed by atoms with E-state index in [1.165, 1.54) is 18.4 Å². The van der Waals surface area contributed by atoms with Crippen molar-refractivity contribution in [2.75, 3.05) is 0 Å². The lowest BCUT2D eigenvalue weighted by Crippen LogP contribution is -2.00. The number of carbonyl (C=O) groups is 1. The summed E-state index contributed by atoms with van der Waals surface area (Å²) in [4.78, 5) is 14.5. The third-order valence-electron chi connectivity index (χ3n) is 2.18. The summed E-state index contributed by atoms with van der Waals surface area (Å²) in [6.45, 7) is 0. The average Bonchev–Trinajstić information content (AvgIpc) is 2.64. The molecule has 5 heteroatoms. The number of oxazole rings is 1. The summed E-state index contributed by atoms with van der Waals surface area (Å²) in [7, 11) is 0. The maximum Gasteiger partial charge on any atom is 0.309 e. The average molecular weight is 235 g/mol. The minimum absolute atomic E-state index is 0.174. The van der Waals surface area contributed by atoms with Crippen LogP contribution in [0.25, 0.3) is 0 Å². The van der Waals surface area contributed by atoms with Crippen LogP contribution in [0.5, 0.6) is 0 Å². The lowest BCUT2D eigenvalue weighted by Gasteiger charge is -1.96. The third-order valence-corrected chi connectivity index (χ3v) is 2.18. The molecule has 0 atom stereocenters. The van der Waals surface area contributed by atoms with Crippen molar-refractivity contribution in [3.05, 3.63) is 53.5 Å². The molecule has 0 saturated heterocycles. The van der Waals surface area contributed by atoms with Crippen molar-refractivity contribution < 1.29 is 18.7 Å². The van der Waals surface area contributed by atoms with E-state index in [2.05, 4.69) is 4.98 Å². The minimum Gasteiger partial charge on any atom is -0.481 e. The quantitative estimate of drug-likeness (QED) is 0.880. The number of carboxylic acid groups (broad SMARTS) is 1. The zero-order valence-electron chi connectivity index (χ0n) is 8.89. The summed E-state index contributed by atoms with van der Waals surface area (Å²) in [5.74, 6) is -0.901. The summed E-state index contributed by atoms with van der Waals surface area (Å²) < 4.78 is 18.0. The van der Waals surface area contributed by atoms with Gasteiger partial charge in [0.05, 0.1) is 12.1 Å². The fraction of sp³-hybridized carbons (Fsp3) is 0.167. The summed E-state index contributed by atoms with van der Waals surface area (Å²) >= 11 is 0. The Morgan fingerprint density at radius 1 is 1.47 bits per heavy atom. The standard InChI is InChI=1S/C12H10FNO3/c13-9-3-1-2-8(4-9)5-11-14-10(7-17-11)6-12(15)16/h1-4,7H,5-6H2,(H,15,16). The topological polar surface area (TPSA) is 63.3 Å². The highest BCUT2D eigenvalue weighted by atomic mass is 19.1. The predicted octanol–water partition coefficient (Wildman–Crippen LogP) is 2.03. The number of carboxylic acids is 1. The number of halogens is 1. The second-order valence-electron chi connectivity index (χ2n) is 3.61. The van der Waals surface area contributed by atoms with E-state index in [4.69, 9.17) is 9.52 Å². The molecule has 1 N–H and O–H groups in total. The molecule has 88 valence electrons. The second kappa shape index (κ2) is 4.78. The molecule has 0 amide bonds. The SMILES string of the molecule is O=C(O)Cc1coc(Cc2cccc(F)c2)n1.